The van der Waals surface area contributed by atoms with Gasteiger partial charge in [0.2, 0.25) is 0 Å². The van der Waals surface area contributed by atoms with E-state index in [0.717, 1.165) is 40.0 Å². The molecule has 26 heavy (non-hydrogen) atoms. The summed E-state index contributed by atoms with van der Waals surface area (Å²) in [4.78, 5) is 13.1. The third kappa shape index (κ3) is 2.31. The zero-order chi connectivity index (χ0) is 17.9. The molecule has 130 valence electrons. The summed E-state index contributed by atoms with van der Waals surface area (Å²) in [5.74, 6) is 1.10. The van der Waals surface area contributed by atoms with Crippen molar-refractivity contribution in [2.45, 2.75) is 32.7 Å². The predicted octanol–water partition coefficient (Wildman–Crippen LogP) is 5.74. The fourth-order valence-electron chi connectivity index (χ4n) is 4.45. The van der Waals surface area contributed by atoms with Gasteiger partial charge in [0.25, 0.3) is 0 Å². The quantitative estimate of drug-likeness (QED) is 0.612. The molecule has 0 amide bonds. The van der Waals surface area contributed by atoms with Gasteiger partial charge in [-0.15, -0.1) is 0 Å². The molecule has 0 saturated carbocycles. The molecular weight excluding hydrogens is 322 g/mol. The number of anilines is 1. The Morgan fingerprint density at radius 1 is 1.04 bits per heavy atom. The zero-order valence-corrected chi connectivity index (χ0v) is 15.0. The highest BCUT2D eigenvalue weighted by molar-refractivity contribution is 6.25. The molecular formula is C23H21NO2. The van der Waals surface area contributed by atoms with Gasteiger partial charge in [-0.05, 0) is 52.4 Å². The minimum Gasteiger partial charge on any atom is -0.467 e. The van der Waals surface area contributed by atoms with Crippen LogP contribution < -0.4 is 5.32 Å². The standard InChI is InChI=1S/C23H21NO2/c1-23(2)12-17-21(19(25)13-23)16-10-14-6-3-4-7-15(14)11-18(16)24-22(17)20-8-5-9-26-20/h3-11,22,24H,12-13H2,1-2H3. The number of fused-ring (bicyclic) bond motifs is 3. The van der Waals surface area contributed by atoms with Gasteiger partial charge in [-0.2, -0.15) is 0 Å². The molecule has 1 atom stereocenters. The summed E-state index contributed by atoms with van der Waals surface area (Å²) in [6.45, 7) is 4.34. The van der Waals surface area contributed by atoms with Crippen molar-refractivity contribution in [2.75, 3.05) is 5.32 Å². The Kier molecular flexibility index (Phi) is 3.17. The average Bonchev–Trinajstić information content (AvgIpc) is 3.12. The van der Waals surface area contributed by atoms with E-state index in [9.17, 15) is 4.79 Å². The van der Waals surface area contributed by atoms with Crippen molar-refractivity contribution < 1.29 is 9.21 Å². The first-order valence-corrected chi connectivity index (χ1v) is 9.11. The number of nitrogens with one attached hydrogen (secondary N) is 1. The van der Waals surface area contributed by atoms with Gasteiger partial charge in [-0.3, -0.25) is 4.79 Å². The Morgan fingerprint density at radius 3 is 2.54 bits per heavy atom. The molecule has 3 aromatic rings. The van der Waals surface area contributed by atoms with Gasteiger partial charge >= 0.3 is 0 Å². The van der Waals surface area contributed by atoms with Crippen molar-refractivity contribution in [3.05, 3.63) is 71.7 Å². The molecule has 0 bridgehead atoms. The number of furan rings is 1. The maximum Gasteiger partial charge on any atom is 0.164 e. The molecule has 2 aliphatic rings. The summed E-state index contributed by atoms with van der Waals surface area (Å²) in [6.07, 6.45) is 3.17. The monoisotopic (exact) mass is 343 g/mol. The number of rotatable bonds is 1. The van der Waals surface area contributed by atoms with Crippen molar-refractivity contribution in [1.29, 1.82) is 0 Å². The normalized spacial score (nSPS) is 21.3. The maximum atomic E-state index is 13.1. The molecule has 0 radical (unpaired) electrons. The van der Waals surface area contributed by atoms with Gasteiger partial charge in [0.1, 0.15) is 11.8 Å². The first kappa shape index (κ1) is 15.4. The molecule has 0 spiro atoms. The molecule has 0 fully saturated rings. The lowest BCUT2D eigenvalue weighted by atomic mass is 9.68. The number of carbonyl (C=O) groups is 1. The van der Waals surface area contributed by atoms with E-state index in [1.54, 1.807) is 6.26 Å². The summed E-state index contributed by atoms with van der Waals surface area (Å²) in [7, 11) is 0. The van der Waals surface area contributed by atoms with Gasteiger partial charge in [0.15, 0.2) is 5.78 Å². The van der Waals surface area contributed by atoms with E-state index >= 15 is 0 Å². The van der Waals surface area contributed by atoms with Crippen LogP contribution >= 0.6 is 0 Å². The average molecular weight is 343 g/mol. The molecule has 1 unspecified atom stereocenters. The topological polar surface area (TPSA) is 42.2 Å². The van der Waals surface area contributed by atoms with E-state index in [2.05, 4.69) is 43.4 Å². The Labute approximate surface area is 152 Å². The van der Waals surface area contributed by atoms with Crippen molar-refractivity contribution in [3.63, 3.8) is 0 Å². The lowest BCUT2D eigenvalue weighted by molar-refractivity contribution is -0.116. The SMILES string of the molecule is CC1(C)CC(=O)C2=C(C1)C(c1ccco1)Nc1cc3ccccc3cc12. The van der Waals surface area contributed by atoms with Gasteiger partial charge in [-0.25, -0.2) is 0 Å². The Balaban J connectivity index is 1.78. The van der Waals surface area contributed by atoms with Crippen LogP contribution in [0.4, 0.5) is 5.69 Å². The lowest BCUT2D eigenvalue weighted by Crippen LogP contribution is -2.32. The molecule has 0 saturated heterocycles. The number of ketones is 1. The number of benzene rings is 2. The largest absolute Gasteiger partial charge is 0.467 e. The molecule has 5 rings (SSSR count). The van der Waals surface area contributed by atoms with Gasteiger partial charge in [-0.1, -0.05) is 38.1 Å². The number of allylic oxidation sites excluding steroid dienone is 1. The molecule has 3 heteroatoms. The van der Waals surface area contributed by atoms with E-state index < -0.39 is 0 Å². The van der Waals surface area contributed by atoms with Crippen molar-refractivity contribution in [3.8, 4) is 0 Å². The molecule has 1 aliphatic heterocycles. The van der Waals surface area contributed by atoms with Crippen LogP contribution in [0.1, 0.15) is 44.1 Å². The second-order valence-electron chi connectivity index (χ2n) is 8.18. The van der Waals surface area contributed by atoms with Crippen LogP contribution in [0.2, 0.25) is 0 Å². The predicted molar refractivity (Wildman–Crippen MR) is 104 cm³/mol. The van der Waals surface area contributed by atoms with E-state index in [1.807, 2.05) is 24.3 Å². The van der Waals surface area contributed by atoms with Crippen molar-refractivity contribution >= 4 is 27.8 Å². The molecule has 1 aliphatic carbocycles. The number of hydrogen-bond acceptors (Lipinski definition) is 3. The first-order valence-electron chi connectivity index (χ1n) is 9.11. The summed E-state index contributed by atoms with van der Waals surface area (Å²) in [5.41, 5.74) is 4.06. The molecule has 2 heterocycles. The van der Waals surface area contributed by atoms with Crippen LogP contribution in [0.3, 0.4) is 0 Å². The summed E-state index contributed by atoms with van der Waals surface area (Å²) in [5, 5.41) is 5.98. The molecule has 3 nitrogen and oxygen atoms in total. The highest BCUT2D eigenvalue weighted by Gasteiger charge is 2.40. The van der Waals surface area contributed by atoms with E-state index in [4.69, 9.17) is 4.42 Å². The second kappa shape index (κ2) is 5.34. The van der Waals surface area contributed by atoms with Gasteiger partial charge in [0, 0.05) is 23.2 Å². The minimum absolute atomic E-state index is 0.0310. The van der Waals surface area contributed by atoms with Crippen LogP contribution in [0.5, 0.6) is 0 Å². The van der Waals surface area contributed by atoms with Crippen LogP contribution in [0, 0.1) is 5.41 Å². The maximum absolute atomic E-state index is 13.1. The van der Waals surface area contributed by atoms with Crippen LogP contribution in [0.25, 0.3) is 16.3 Å². The van der Waals surface area contributed by atoms with E-state index in [1.165, 1.54) is 5.39 Å². The molecule has 2 aromatic carbocycles. The summed E-state index contributed by atoms with van der Waals surface area (Å²) in [6, 6.07) is 16.4. The molecule has 1 aromatic heterocycles. The fourth-order valence-corrected chi connectivity index (χ4v) is 4.45. The van der Waals surface area contributed by atoms with Gasteiger partial charge < -0.3 is 9.73 Å². The molecule has 1 N–H and O–H groups in total. The van der Waals surface area contributed by atoms with Crippen LogP contribution in [0.15, 0.2) is 64.8 Å². The zero-order valence-electron chi connectivity index (χ0n) is 15.0. The lowest BCUT2D eigenvalue weighted by Gasteiger charge is -2.39. The Bertz CT molecular complexity index is 1060. The highest BCUT2D eigenvalue weighted by atomic mass is 16.3. The fraction of sp³-hybridized carbons (Fsp3) is 0.261. The summed E-state index contributed by atoms with van der Waals surface area (Å²) >= 11 is 0. The Morgan fingerprint density at radius 2 is 1.81 bits per heavy atom. The van der Waals surface area contributed by atoms with E-state index in [-0.39, 0.29) is 17.2 Å². The third-order valence-corrected chi connectivity index (χ3v) is 5.54. The van der Waals surface area contributed by atoms with Crippen molar-refractivity contribution in [2.24, 2.45) is 5.41 Å². The summed E-state index contributed by atoms with van der Waals surface area (Å²) < 4.78 is 5.72. The van der Waals surface area contributed by atoms with Crippen LogP contribution in [-0.2, 0) is 4.79 Å². The minimum atomic E-state index is -0.0859. The third-order valence-electron chi connectivity index (χ3n) is 5.54. The Hall–Kier alpha value is -2.81. The number of carbonyl (C=O) groups excluding carboxylic acids is 1. The number of Topliss-reactive ketones (excluding diaryl/α,β-unsaturated/α-hetero) is 1. The van der Waals surface area contributed by atoms with Crippen LogP contribution in [-0.4, -0.2) is 5.78 Å². The van der Waals surface area contributed by atoms with Crippen molar-refractivity contribution in [1.82, 2.24) is 0 Å². The number of hydrogen-bond donors (Lipinski definition) is 1. The second-order valence-corrected chi connectivity index (χ2v) is 8.18. The van der Waals surface area contributed by atoms with Gasteiger partial charge in [0.05, 0.1) is 6.26 Å². The smallest absolute Gasteiger partial charge is 0.164 e. The first-order chi connectivity index (χ1) is 12.5. The van der Waals surface area contributed by atoms with E-state index in [0.29, 0.717) is 6.42 Å². The highest BCUT2D eigenvalue weighted by Crippen LogP contribution is 2.50.